The van der Waals surface area contributed by atoms with Crippen LogP contribution < -0.4 is 5.43 Å². The Balaban J connectivity index is 2.24. The number of aromatic hydroxyl groups is 1. The van der Waals surface area contributed by atoms with Crippen LogP contribution in [0.4, 0.5) is 17.1 Å². The minimum atomic E-state index is -0.997. The van der Waals surface area contributed by atoms with Crippen molar-refractivity contribution in [2.75, 3.05) is 0 Å². The number of phenols is 1. The molecule has 0 atom stereocenters. The van der Waals surface area contributed by atoms with Gasteiger partial charge in [-0.05, 0) is 6.07 Å². The van der Waals surface area contributed by atoms with E-state index in [1.807, 2.05) is 5.43 Å². The van der Waals surface area contributed by atoms with Crippen LogP contribution in [0.25, 0.3) is 0 Å². The van der Waals surface area contributed by atoms with Gasteiger partial charge in [-0.15, -0.1) is 0 Å². The third-order valence-corrected chi connectivity index (χ3v) is 3.18. The molecule has 0 heterocycles. The number of phenolic OH excluding ortho intramolecular Hbond substituents is 1. The second-order valence-electron chi connectivity index (χ2n) is 4.95. The number of benzene rings is 2. The summed E-state index contributed by atoms with van der Waals surface area (Å²) in [4.78, 5) is 41.8. The van der Waals surface area contributed by atoms with E-state index in [9.17, 15) is 40.2 Å². The molecule has 27 heavy (non-hydrogen) atoms. The number of nitrogens with one attached hydrogen (secondary N) is 1. The molecule has 0 fully saturated rings. The maximum absolute atomic E-state index is 12.0. The van der Waals surface area contributed by atoms with E-state index in [4.69, 9.17) is 0 Å². The standard InChI is InChI=1S/C14H9N5O8/c20-13-2-1-10(17(22)23)5-9(13)7-15-16-14(21)8-3-11(18(24)25)6-12(4-8)19(26)27/h1-7,20H,(H,16,21)/b15-7+. The van der Waals surface area contributed by atoms with Gasteiger partial charge in [-0.2, -0.15) is 5.10 Å². The number of hydrogen-bond donors (Lipinski definition) is 2. The van der Waals surface area contributed by atoms with Crippen LogP contribution in [0.5, 0.6) is 5.75 Å². The van der Waals surface area contributed by atoms with Crippen molar-refractivity contribution in [3.8, 4) is 5.75 Å². The summed E-state index contributed by atoms with van der Waals surface area (Å²) in [5, 5.41) is 45.4. The summed E-state index contributed by atoms with van der Waals surface area (Å²) in [5.74, 6) is -1.34. The van der Waals surface area contributed by atoms with Crippen molar-refractivity contribution < 1.29 is 24.7 Å². The maximum Gasteiger partial charge on any atom is 0.277 e. The van der Waals surface area contributed by atoms with Gasteiger partial charge in [-0.1, -0.05) is 0 Å². The van der Waals surface area contributed by atoms with Gasteiger partial charge in [0.1, 0.15) is 5.75 Å². The normalized spacial score (nSPS) is 10.5. The molecular formula is C14H9N5O8. The topological polar surface area (TPSA) is 191 Å². The van der Waals surface area contributed by atoms with Crippen molar-refractivity contribution in [2.45, 2.75) is 0 Å². The molecule has 138 valence electrons. The summed E-state index contributed by atoms with van der Waals surface area (Å²) in [6.45, 7) is 0. The van der Waals surface area contributed by atoms with E-state index in [-0.39, 0.29) is 17.0 Å². The Labute approximate surface area is 149 Å². The second-order valence-corrected chi connectivity index (χ2v) is 4.95. The second kappa shape index (κ2) is 7.64. The minimum absolute atomic E-state index is 0.0745. The first kappa shape index (κ1) is 18.9. The van der Waals surface area contributed by atoms with E-state index < -0.39 is 37.6 Å². The smallest absolute Gasteiger partial charge is 0.277 e. The number of nitrogens with zero attached hydrogens (tertiary/aromatic N) is 4. The SMILES string of the molecule is O=C(N/N=C/c1cc([N+](=O)[O-])ccc1O)c1cc([N+](=O)[O-])cc([N+](=O)[O-])c1. The summed E-state index contributed by atoms with van der Waals surface area (Å²) in [7, 11) is 0. The Bertz CT molecular complexity index is 955. The van der Waals surface area contributed by atoms with Crippen molar-refractivity contribution >= 4 is 29.2 Å². The quantitative estimate of drug-likeness (QED) is 0.434. The van der Waals surface area contributed by atoms with Crippen molar-refractivity contribution in [1.82, 2.24) is 5.43 Å². The summed E-state index contributed by atoms with van der Waals surface area (Å²) in [5.41, 5.74) is -0.146. The van der Waals surface area contributed by atoms with E-state index in [0.29, 0.717) is 6.07 Å². The monoisotopic (exact) mass is 375 g/mol. The molecule has 2 N–H and O–H groups in total. The molecule has 0 saturated carbocycles. The fourth-order valence-electron chi connectivity index (χ4n) is 1.92. The van der Waals surface area contributed by atoms with Crippen LogP contribution in [-0.4, -0.2) is 32.0 Å². The Morgan fingerprint density at radius 1 is 0.926 bits per heavy atom. The van der Waals surface area contributed by atoms with Crippen LogP contribution in [0.1, 0.15) is 15.9 Å². The molecule has 0 bridgehead atoms. The van der Waals surface area contributed by atoms with E-state index in [1.165, 1.54) is 0 Å². The summed E-state index contributed by atoms with van der Waals surface area (Å²) in [6.07, 6.45) is 0.909. The highest BCUT2D eigenvalue weighted by atomic mass is 16.6. The third kappa shape index (κ3) is 4.56. The molecule has 0 unspecified atom stereocenters. The molecular weight excluding hydrogens is 366 g/mol. The molecule has 0 spiro atoms. The first-order valence-electron chi connectivity index (χ1n) is 6.93. The maximum atomic E-state index is 12.0. The number of nitro groups is 3. The number of nitro benzene ring substituents is 3. The van der Waals surface area contributed by atoms with Gasteiger partial charge in [0.05, 0.1) is 32.6 Å². The van der Waals surface area contributed by atoms with E-state index in [2.05, 4.69) is 5.10 Å². The van der Waals surface area contributed by atoms with Crippen LogP contribution in [-0.2, 0) is 0 Å². The van der Waals surface area contributed by atoms with Crippen LogP contribution in [0.15, 0.2) is 41.5 Å². The molecule has 1 amide bonds. The molecule has 0 aliphatic carbocycles. The van der Waals surface area contributed by atoms with Crippen molar-refractivity contribution in [3.05, 3.63) is 77.9 Å². The lowest BCUT2D eigenvalue weighted by molar-refractivity contribution is -0.394. The highest BCUT2D eigenvalue weighted by Gasteiger charge is 2.19. The molecule has 13 nitrogen and oxygen atoms in total. The zero-order valence-electron chi connectivity index (χ0n) is 13.1. The fourth-order valence-corrected chi connectivity index (χ4v) is 1.92. The third-order valence-electron chi connectivity index (χ3n) is 3.18. The van der Waals surface area contributed by atoms with Crippen LogP contribution in [0, 0.1) is 30.3 Å². The number of hydrazone groups is 1. The van der Waals surface area contributed by atoms with Crippen LogP contribution in [0.2, 0.25) is 0 Å². The molecule has 0 aliphatic rings. The number of non-ortho nitro benzene ring substituents is 3. The van der Waals surface area contributed by atoms with Crippen LogP contribution >= 0.6 is 0 Å². The first-order chi connectivity index (χ1) is 12.7. The van der Waals surface area contributed by atoms with Gasteiger partial charge in [0.15, 0.2) is 0 Å². The number of carbonyl (C=O) groups is 1. The van der Waals surface area contributed by atoms with Gasteiger partial charge in [0.2, 0.25) is 0 Å². The highest BCUT2D eigenvalue weighted by Crippen LogP contribution is 2.23. The van der Waals surface area contributed by atoms with Crippen LogP contribution in [0.3, 0.4) is 0 Å². The van der Waals surface area contributed by atoms with Gasteiger partial charge in [0, 0.05) is 29.8 Å². The lowest BCUT2D eigenvalue weighted by Crippen LogP contribution is -2.18. The zero-order valence-corrected chi connectivity index (χ0v) is 13.1. The van der Waals surface area contributed by atoms with Gasteiger partial charge in [-0.25, -0.2) is 5.43 Å². The van der Waals surface area contributed by atoms with E-state index >= 15 is 0 Å². The van der Waals surface area contributed by atoms with Crippen molar-refractivity contribution in [1.29, 1.82) is 0 Å². The lowest BCUT2D eigenvalue weighted by atomic mass is 10.1. The van der Waals surface area contributed by atoms with Crippen molar-refractivity contribution in [3.63, 3.8) is 0 Å². The predicted octanol–water partition coefficient (Wildman–Crippen LogP) is 1.88. The predicted molar refractivity (Wildman–Crippen MR) is 89.6 cm³/mol. The minimum Gasteiger partial charge on any atom is -0.507 e. The average molecular weight is 375 g/mol. The fraction of sp³-hybridized carbons (Fsp3) is 0. The van der Waals surface area contributed by atoms with E-state index in [0.717, 1.165) is 36.5 Å². The first-order valence-corrected chi connectivity index (χ1v) is 6.93. The summed E-state index contributed by atoms with van der Waals surface area (Å²) < 4.78 is 0. The van der Waals surface area contributed by atoms with Crippen molar-refractivity contribution in [2.24, 2.45) is 5.10 Å². The number of rotatable bonds is 6. The van der Waals surface area contributed by atoms with Gasteiger partial charge in [-0.3, -0.25) is 35.1 Å². The largest absolute Gasteiger partial charge is 0.507 e. The molecule has 2 aromatic carbocycles. The molecule has 13 heteroatoms. The average Bonchev–Trinajstić information content (AvgIpc) is 2.62. The number of amides is 1. The Hall–Kier alpha value is -4.42. The zero-order chi connectivity index (χ0) is 20.1. The molecule has 0 saturated heterocycles. The number of hydrogen-bond acceptors (Lipinski definition) is 9. The Morgan fingerprint density at radius 3 is 2.00 bits per heavy atom. The highest BCUT2D eigenvalue weighted by molar-refractivity contribution is 5.96. The number of carbonyl (C=O) groups excluding carboxylic acids is 1. The Morgan fingerprint density at radius 2 is 1.48 bits per heavy atom. The lowest BCUT2D eigenvalue weighted by Gasteiger charge is -2.02. The Kier molecular flexibility index (Phi) is 5.35. The molecule has 2 rings (SSSR count). The summed E-state index contributed by atoms with van der Waals surface area (Å²) >= 11 is 0. The van der Waals surface area contributed by atoms with Gasteiger partial charge in [0.25, 0.3) is 23.0 Å². The molecule has 2 aromatic rings. The summed E-state index contributed by atoms with van der Waals surface area (Å²) in [6, 6.07) is 5.47. The molecule has 0 aliphatic heterocycles. The molecule has 0 aromatic heterocycles. The molecule has 0 radical (unpaired) electrons. The van der Waals surface area contributed by atoms with Gasteiger partial charge < -0.3 is 5.11 Å². The van der Waals surface area contributed by atoms with E-state index in [1.54, 1.807) is 0 Å². The van der Waals surface area contributed by atoms with Gasteiger partial charge >= 0.3 is 0 Å².